The van der Waals surface area contributed by atoms with Crippen molar-refractivity contribution in [1.29, 1.82) is 0 Å². The van der Waals surface area contributed by atoms with Crippen molar-refractivity contribution in [2.24, 2.45) is 5.73 Å². The maximum atomic E-state index is 10.6. The van der Waals surface area contributed by atoms with Gasteiger partial charge in [-0.05, 0) is 23.9 Å². The fourth-order valence-corrected chi connectivity index (χ4v) is 1.55. The summed E-state index contributed by atoms with van der Waals surface area (Å²) in [6, 6.07) is 6.74. The zero-order chi connectivity index (χ0) is 11.5. The van der Waals surface area contributed by atoms with Crippen LogP contribution in [0.15, 0.2) is 24.3 Å². The van der Waals surface area contributed by atoms with Gasteiger partial charge in [-0.1, -0.05) is 26.0 Å². The van der Waals surface area contributed by atoms with Crippen LogP contribution in [-0.2, 0) is 5.41 Å². The highest BCUT2D eigenvalue weighted by atomic mass is 16.6. The highest BCUT2D eigenvalue weighted by Crippen LogP contribution is 2.28. The Labute approximate surface area is 89.2 Å². The van der Waals surface area contributed by atoms with E-state index in [4.69, 9.17) is 5.73 Å². The number of hydrogen-bond acceptors (Lipinski definition) is 3. The van der Waals surface area contributed by atoms with Gasteiger partial charge in [0.2, 0.25) is 0 Å². The first kappa shape index (κ1) is 11.7. The second-order valence-electron chi connectivity index (χ2n) is 4.23. The van der Waals surface area contributed by atoms with Gasteiger partial charge in [0.05, 0.1) is 4.92 Å². The minimum atomic E-state index is -0.373. The highest BCUT2D eigenvalue weighted by Gasteiger charge is 2.21. The van der Waals surface area contributed by atoms with Gasteiger partial charge in [-0.15, -0.1) is 0 Å². The first-order chi connectivity index (χ1) is 6.97. The van der Waals surface area contributed by atoms with Gasteiger partial charge in [-0.25, -0.2) is 0 Å². The van der Waals surface area contributed by atoms with Gasteiger partial charge >= 0.3 is 0 Å². The average Bonchev–Trinajstić information content (AvgIpc) is 2.18. The van der Waals surface area contributed by atoms with Gasteiger partial charge < -0.3 is 5.73 Å². The highest BCUT2D eigenvalue weighted by molar-refractivity contribution is 5.37. The smallest absolute Gasteiger partial charge is 0.269 e. The fraction of sp³-hybridized carbons (Fsp3) is 0.455. The Kier molecular flexibility index (Phi) is 3.42. The Hall–Kier alpha value is -1.42. The molecule has 0 aliphatic heterocycles. The minimum absolute atomic E-state index is 0.110. The molecule has 0 saturated carbocycles. The Bertz CT molecular complexity index is 361. The molecule has 0 aromatic heterocycles. The van der Waals surface area contributed by atoms with E-state index in [-0.39, 0.29) is 16.0 Å². The van der Waals surface area contributed by atoms with Crippen LogP contribution in [0, 0.1) is 10.1 Å². The van der Waals surface area contributed by atoms with Gasteiger partial charge in [-0.3, -0.25) is 10.1 Å². The molecule has 1 aromatic carbocycles. The predicted molar refractivity (Wildman–Crippen MR) is 59.8 cm³/mol. The molecule has 0 radical (unpaired) electrons. The maximum absolute atomic E-state index is 10.6. The second-order valence-corrected chi connectivity index (χ2v) is 4.23. The predicted octanol–water partition coefficient (Wildman–Crippen LogP) is 2.22. The topological polar surface area (TPSA) is 69.2 Å². The van der Waals surface area contributed by atoms with E-state index in [1.807, 2.05) is 19.9 Å². The summed E-state index contributed by atoms with van der Waals surface area (Å²) in [6.45, 7) is 4.66. The number of nitrogens with zero attached hydrogens (tertiary/aromatic N) is 1. The van der Waals surface area contributed by atoms with Gasteiger partial charge in [0.25, 0.3) is 5.69 Å². The van der Waals surface area contributed by atoms with Crippen molar-refractivity contribution in [3.8, 4) is 0 Å². The molecule has 0 atom stereocenters. The molecule has 0 bridgehead atoms. The number of benzene rings is 1. The first-order valence-corrected chi connectivity index (χ1v) is 4.92. The molecule has 2 N–H and O–H groups in total. The number of non-ortho nitro benzene ring substituents is 1. The molecule has 4 heteroatoms. The molecule has 1 rings (SSSR count). The second kappa shape index (κ2) is 4.40. The molecule has 0 aliphatic rings. The SMILES string of the molecule is CC(C)(CCN)c1cccc([N+](=O)[O-])c1. The van der Waals surface area contributed by atoms with Crippen molar-refractivity contribution in [3.63, 3.8) is 0 Å². The molecular formula is C11H16N2O2. The average molecular weight is 208 g/mol. The zero-order valence-electron chi connectivity index (χ0n) is 9.06. The van der Waals surface area contributed by atoms with Crippen molar-refractivity contribution in [2.45, 2.75) is 25.7 Å². The van der Waals surface area contributed by atoms with Crippen molar-refractivity contribution in [1.82, 2.24) is 0 Å². The number of nitro groups is 1. The number of rotatable bonds is 4. The standard InChI is InChI=1S/C11H16N2O2/c1-11(2,6-7-12)9-4-3-5-10(8-9)13(14)15/h3-5,8H,6-7,12H2,1-2H3. The lowest BCUT2D eigenvalue weighted by Gasteiger charge is -2.24. The Morgan fingerprint density at radius 3 is 2.67 bits per heavy atom. The summed E-state index contributed by atoms with van der Waals surface area (Å²) < 4.78 is 0. The molecule has 0 unspecified atom stereocenters. The largest absolute Gasteiger partial charge is 0.330 e. The van der Waals surface area contributed by atoms with Crippen LogP contribution in [0.1, 0.15) is 25.8 Å². The minimum Gasteiger partial charge on any atom is -0.330 e. The normalized spacial score (nSPS) is 11.4. The Morgan fingerprint density at radius 2 is 2.13 bits per heavy atom. The molecule has 0 heterocycles. The van der Waals surface area contributed by atoms with Crippen molar-refractivity contribution in [2.75, 3.05) is 6.54 Å². The molecule has 82 valence electrons. The Morgan fingerprint density at radius 1 is 1.47 bits per heavy atom. The summed E-state index contributed by atoms with van der Waals surface area (Å²) in [5.41, 5.74) is 6.50. The summed E-state index contributed by atoms with van der Waals surface area (Å²) in [5.74, 6) is 0. The summed E-state index contributed by atoms with van der Waals surface area (Å²) in [4.78, 5) is 10.2. The van der Waals surface area contributed by atoms with Crippen LogP contribution >= 0.6 is 0 Å². The van der Waals surface area contributed by atoms with E-state index in [0.717, 1.165) is 12.0 Å². The third-order valence-corrected chi connectivity index (χ3v) is 2.61. The van der Waals surface area contributed by atoms with E-state index in [0.29, 0.717) is 6.54 Å². The van der Waals surface area contributed by atoms with E-state index in [2.05, 4.69) is 0 Å². The number of nitrogens with two attached hydrogens (primary N) is 1. The number of hydrogen-bond donors (Lipinski definition) is 1. The molecular weight excluding hydrogens is 192 g/mol. The third-order valence-electron chi connectivity index (χ3n) is 2.61. The molecule has 1 aromatic rings. The van der Waals surface area contributed by atoms with Crippen molar-refractivity contribution >= 4 is 5.69 Å². The zero-order valence-corrected chi connectivity index (χ0v) is 9.06. The summed E-state index contributed by atoms with van der Waals surface area (Å²) >= 11 is 0. The summed E-state index contributed by atoms with van der Waals surface area (Å²) in [6.07, 6.45) is 0.814. The van der Waals surface area contributed by atoms with E-state index < -0.39 is 0 Å². The molecule has 15 heavy (non-hydrogen) atoms. The fourth-order valence-electron chi connectivity index (χ4n) is 1.55. The van der Waals surface area contributed by atoms with E-state index >= 15 is 0 Å². The lowest BCUT2D eigenvalue weighted by Crippen LogP contribution is -2.21. The van der Waals surface area contributed by atoms with E-state index in [9.17, 15) is 10.1 Å². The lowest BCUT2D eigenvalue weighted by atomic mass is 9.81. The van der Waals surface area contributed by atoms with Crippen LogP contribution in [0.4, 0.5) is 5.69 Å². The maximum Gasteiger partial charge on any atom is 0.269 e. The van der Waals surface area contributed by atoms with Crippen molar-refractivity contribution < 1.29 is 4.92 Å². The lowest BCUT2D eigenvalue weighted by molar-refractivity contribution is -0.385. The van der Waals surface area contributed by atoms with E-state index in [1.54, 1.807) is 12.1 Å². The van der Waals surface area contributed by atoms with Gasteiger partial charge in [0, 0.05) is 12.1 Å². The molecule has 0 aliphatic carbocycles. The Balaban J connectivity index is 3.04. The van der Waals surface area contributed by atoms with Crippen LogP contribution in [-0.4, -0.2) is 11.5 Å². The quantitative estimate of drug-likeness (QED) is 0.609. The van der Waals surface area contributed by atoms with Gasteiger partial charge in [-0.2, -0.15) is 0 Å². The number of nitro benzene ring substituents is 1. The van der Waals surface area contributed by atoms with E-state index in [1.165, 1.54) is 6.07 Å². The van der Waals surface area contributed by atoms with Crippen LogP contribution in [0.2, 0.25) is 0 Å². The van der Waals surface area contributed by atoms with Crippen LogP contribution < -0.4 is 5.73 Å². The monoisotopic (exact) mass is 208 g/mol. The van der Waals surface area contributed by atoms with Gasteiger partial charge in [0.15, 0.2) is 0 Å². The van der Waals surface area contributed by atoms with Crippen LogP contribution in [0.5, 0.6) is 0 Å². The molecule has 0 spiro atoms. The summed E-state index contributed by atoms with van der Waals surface area (Å²) in [5, 5.41) is 10.6. The third kappa shape index (κ3) is 2.76. The molecule has 0 saturated heterocycles. The molecule has 4 nitrogen and oxygen atoms in total. The van der Waals surface area contributed by atoms with Crippen molar-refractivity contribution in [3.05, 3.63) is 39.9 Å². The molecule has 0 fully saturated rings. The van der Waals surface area contributed by atoms with Crippen LogP contribution in [0.25, 0.3) is 0 Å². The van der Waals surface area contributed by atoms with Gasteiger partial charge in [0.1, 0.15) is 0 Å². The first-order valence-electron chi connectivity index (χ1n) is 4.92. The summed E-state index contributed by atoms with van der Waals surface area (Å²) in [7, 11) is 0. The van der Waals surface area contributed by atoms with Crippen LogP contribution in [0.3, 0.4) is 0 Å². The molecule has 0 amide bonds.